The molecule has 0 saturated carbocycles. The van der Waals surface area contributed by atoms with Crippen molar-refractivity contribution in [3.63, 3.8) is 0 Å². The smallest absolute Gasteiger partial charge is 0.165 e. The standard InChI is InChI=1S/C15H14FIO2/c1-10(18)12-4-7-15(14(16)8-12)19-9-11-2-5-13(17)6-3-11/h2-8,10,18H,9H2,1H3/t10-/m0/s1. The molecule has 2 aromatic carbocycles. The van der Waals surface area contributed by atoms with Crippen LogP contribution in [0.2, 0.25) is 0 Å². The van der Waals surface area contributed by atoms with Gasteiger partial charge in [0.1, 0.15) is 6.61 Å². The molecule has 0 unspecified atom stereocenters. The summed E-state index contributed by atoms with van der Waals surface area (Å²) in [7, 11) is 0. The Morgan fingerprint density at radius 3 is 2.47 bits per heavy atom. The van der Waals surface area contributed by atoms with E-state index >= 15 is 0 Å². The van der Waals surface area contributed by atoms with Gasteiger partial charge in [-0.2, -0.15) is 0 Å². The average molecular weight is 372 g/mol. The summed E-state index contributed by atoms with van der Waals surface area (Å²) >= 11 is 2.23. The van der Waals surface area contributed by atoms with Crippen molar-refractivity contribution in [2.75, 3.05) is 0 Å². The van der Waals surface area contributed by atoms with E-state index < -0.39 is 11.9 Å². The molecule has 0 saturated heterocycles. The third-order valence-corrected chi connectivity index (χ3v) is 3.47. The first-order valence-electron chi connectivity index (χ1n) is 5.91. The van der Waals surface area contributed by atoms with Gasteiger partial charge in [0, 0.05) is 3.57 Å². The van der Waals surface area contributed by atoms with Gasteiger partial charge in [-0.3, -0.25) is 0 Å². The lowest BCUT2D eigenvalue weighted by Gasteiger charge is -2.10. The highest BCUT2D eigenvalue weighted by molar-refractivity contribution is 14.1. The maximum Gasteiger partial charge on any atom is 0.165 e. The number of hydrogen-bond donors (Lipinski definition) is 1. The van der Waals surface area contributed by atoms with Gasteiger partial charge in [0.2, 0.25) is 0 Å². The molecule has 0 fully saturated rings. The molecular formula is C15H14FIO2. The predicted octanol–water partition coefficient (Wildman–Crippen LogP) is 4.06. The summed E-state index contributed by atoms with van der Waals surface area (Å²) in [4.78, 5) is 0. The Labute approximate surface area is 125 Å². The average Bonchev–Trinajstić information content (AvgIpc) is 2.39. The van der Waals surface area contributed by atoms with Gasteiger partial charge in [-0.15, -0.1) is 0 Å². The van der Waals surface area contributed by atoms with Crippen molar-refractivity contribution in [3.8, 4) is 5.75 Å². The molecule has 0 radical (unpaired) electrons. The molecule has 4 heteroatoms. The van der Waals surface area contributed by atoms with Crippen LogP contribution in [0.3, 0.4) is 0 Å². The van der Waals surface area contributed by atoms with Gasteiger partial charge >= 0.3 is 0 Å². The van der Waals surface area contributed by atoms with Crippen LogP contribution < -0.4 is 4.74 Å². The van der Waals surface area contributed by atoms with E-state index in [1.807, 2.05) is 24.3 Å². The van der Waals surface area contributed by atoms with Gasteiger partial charge in [0.15, 0.2) is 11.6 Å². The number of aliphatic hydroxyl groups excluding tert-OH is 1. The van der Waals surface area contributed by atoms with E-state index in [4.69, 9.17) is 4.74 Å². The first-order valence-corrected chi connectivity index (χ1v) is 6.99. The molecule has 19 heavy (non-hydrogen) atoms. The number of hydrogen-bond acceptors (Lipinski definition) is 2. The van der Waals surface area contributed by atoms with Crippen LogP contribution in [0.1, 0.15) is 24.2 Å². The highest BCUT2D eigenvalue weighted by atomic mass is 127. The molecule has 0 aromatic heterocycles. The summed E-state index contributed by atoms with van der Waals surface area (Å²) in [6, 6.07) is 12.4. The van der Waals surface area contributed by atoms with Gasteiger partial charge in [0.05, 0.1) is 6.10 Å². The second-order valence-corrected chi connectivity index (χ2v) is 5.53. The molecule has 0 aliphatic heterocycles. The Morgan fingerprint density at radius 1 is 1.21 bits per heavy atom. The zero-order valence-electron chi connectivity index (χ0n) is 10.4. The molecule has 0 spiro atoms. The molecule has 1 N–H and O–H groups in total. The zero-order chi connectivity index (χ0) is 13.8. The normalized spacial score (nSPS) is 12.2. The molecule has 0 aliphatic carbocycles. The van der Waals surface area contributed by atoms with Crippen LogP contribution in [-0.4, -0.2) is 5.11 Å². The summed E-state index contributed by atoms with van der Waals surface area (Å²) in [5, 5.41) is 9.36. The van der Waals surface area contributed by atoms with E-state index in [1.54, 1.807) is 19.1 Å². The molecular weight excluding hydrogens is 358 g/mol. The van der Waals surface area contributed by atoms with Gasteiger partial charge < -0.3 is 9.84 Å². The van der Waals surface area contributed by atoms with Crippen molar-refractivity contribution in [1.82, 2.24) is 0 Å². The minimum Gasteiger partial charge on any atom is -0.486 e. The fraction of sp³-hybridized carbons (Fsp3) is 0.200. The Kier molecular flexibility index (Phi) is 4.76. The Balaban J connectivity index is 2.05. The van der Waals surface area contributed by atoms with Gasteiger partial charge in [0.25, 0.3) is 0 Å². The second kappa shape index (κ2) is 6.34. The van der Waals surface area contributed by atoms with Crippen molar-refractivity contribution in [1.29, 1.82) is 0 Å². The highest BCUT2D eigenvalue weighted by Crippen LogP contribution is 2.22. The van der Waals surface area contributed by atoms with E-state index in [9.17, 15) is 9.50 Å². The minimum absolute atomic E-state index is 0.197. The van der Waals surface area contributed by atoms with Crippen LogP contribution in [0.15, 0.2) is 42.5 Å². The number of ether oxygens (including phenoxy) is 1. The fourth-order valence-corrected chi connectivity index (χ4v) is 2.00. The molecule has 0 bridgehead atoms. The quantitative estimate of drug-likeness (QED) is 0.821. The molecule has 1 atom stereocenters. The summed E-state index contributed by atoms with van der Waals surface area (Å²) < 4.78 is 20.3. The van der Waals surface area contributed by atoms with Crippen LogP contribution in [0.25, 0.3) is 0 Å². The van der Waals surface area contributed by atoms with Gasteiger partial charge in [-0.1, -0.05) is 18.2 Å². The third kappa shape index (κ3) is 3.91. The zero-order valence-corrected chi connectivity index (χ0v) is 12.6. The number of rotatable bonds is 4. The van der Waals surface area contributed by atoms with E-state index in [0.29, 0.717) is 12.2 Å². The molecule has 2 aromatic rings. The third-order valence-electron chi connectivity index (χ3n) is 2.75. The Hall–Kier alpha value is -1.14. The number of benzene rings is 2. The van der Waals surface area contributed by atoms with Crippen molar-refractivity contribution < 1.29 is 14.2 Å². The molecule has 0 amide bonds. The lowest BCUT2D eigenvalue weighted by Crippen LogP contribution is -1.99. The molecule has 100 valence electrons. The first kappa shape index (κ1) is 14.3. The molecule has 0 heterocycles. The lowest BCUT2D eigenvalue weighted by molar-refractivity contribution is 0.198. The Bertz CT molecular complexity index is 553. The van der Waals surface area contributed by atoms with E-state index in [0.717, 1.165) is 9.13 Å². The van der Waals surface area contributed by atoms with Crippen molar-refractivity contribution >= 4 is 22.6 Å². The van der Waals surface area contributed by atoms with Crippen molar-refractivity contribution in [2.45, 2.75) is 19.6 Å². The van der Waals surface area contributed by atoms with Crippen LogP contribution in [0, 0.1) is 9.39 Å². The molecule has 0 aliphatic rings. The number of halogens is 2. The van der Waals surface area contributed by atoms with Crippen LogP contribution in [-0.2, 0) is 6.61 Å². The van der Waals surface area contributed by atoms with Crippen LogP contribution >= 0.6 is 22.6 Å². The maximum absolute atomic E-state index is 13.7. The van der Waals surface area contributed by atoms with Gasteiger partial charge in [-0.25, -0.2) is 4.39 Å². The monoisotopic (exact) mass is 372 g/mol. The summed E-state index contributed by atoms with van der Waals surface area (Å²) in [5.74, 6) is -0.258. The highest BCUT2D eigenvalue weighted by Gasteiger charge is 2.08. The predicted molar refractivity (Wildman–Crippen MR) is 80.5 cm³/mol. The Morgan fingerprint density at radius 2 is 1.89 bits per heavy atom. The SMILES string of the molecule is C[C@H](O)c1ccc(OCc2ccc(I)cc2)c(F)c1. The first-order chi connectivity index (χ1) is 9.06. The fourth-order valence-electron chi connectivity index (χ4n) is 1.64. The van der Waals surface area contributed by atoms with E-state index in [1.165, 1.54) is 6.07 Å². The van der Waals surface area contributed by atoms with Crippen molar-refractivity contribution in [2.24, 2.45) is 0 Å². The van der Waals surface area contributed by atoms with E-state index in [2.05, 4.69) is 22.6 Å². The lowest BCUT2D eigenvalue weighted by atomic mass is 10.1. The molecule has 2 nitrogen and oxygen atoms in total. The maximum atomic E-state index is 13.7. The topological polar surface area (TPSA) is 29.5 Å². The summed E-state index contributed by atoms with van der Waals surface area (Å²) in [6.07, 6.45) is -0.681. The summed E-state index contributed by atoms with van der Waals surface area (Å²) in [5.41, 5.74) is 1.53. The second-order valence-electron chi connectivity index (χ2n) is 4.28. The van der Waals surface area contributed by atoms with Gasteiger partial charge in [-0.05, 0) is 64.9 Å². The largest absolute Gasteiger partial charge is 0.486 e. The molecule has 2 rings (SSSR count). The number of aliphatic hydroxyl groups is 1. The van der Waals surface area contributed by atoms with Crippen molar-refractivity contribution in [3.05, 3.63) is 63.0 Å². The van der Waals surface area contributed by atoms with Crippen LogP contribution in [0.5, 0.6) is 5.75 Å². The van der Waals surface area contributed by atoms with E-state index in [-0.39, 0.29) is 5.75 Å². The summed E-state index contributed by atoms with van der Waals surface area (Å²) in [6.45, 7) is 1.92. The minimum atomic E-state index is -0.681. The van der Waals surface area contributed by atoms with Crippen LogP contribution in [0.4, 0.5) is 4.39 Å².